The Balaban J connectivity index is 1.84. The van der Waals surface area contributed by atoms with Crippen LogP contribution >= 0.6 is 0 Å². The van der Waals surface area contributed by atoms with Crippen molar-refractivity contribution in [2.24, 2.45) is 5.92 Å². The number of amides is 2. The maximum atomic E-state index is 13.9. The fourth-order valence-corrected chi connectivity index (χ4v) is 2.41. The lowest BCUT2D eigenvalue weighted by atomic mass is 9.97. The Morgan fingerprint density at radius 3 is 2.36 bits per heavy atom. The number of nitrogens with one attached hydrogen (secondary N) is 1. The molecule has 0 radical (unpaired) electrons. The summed E-state index contributed by atoms with van der Waals surface area (Å²) in [6.07, 6.45) is 0.690. The monoisotopic (exact) mass is 312 g/mol. The number of hydrogen-bond acceptors (Lipinski definition) is 2. The van der Waals surface area contributed by atoms with E-state index < -0.39 is 30.4 Å². The Bertz CT molecular complexity index is 529. The van der Waals surface area contributed by atoms with Crippen LogP contribution in [0.3, 0.4) is 0 Å². The molecule has 120 valence electrons. The first-order chi connectivity index (χ1) is 10.4. The molecule has 1 heterocycles. The average molecular weight is 312 g/mol. The number of halogens is 2. The van der Waals surface area contributed by atoms with Gasteiger partial charge in [0.25, 0.3) is 5.92 Å². The molecule has 0 aromatic heterocycles. The minimum absolute atomic E-state index is 0.153. The Hall–Kier alpha value is -2.18. The number of alkyl halides is 2. The van der Waals surface area contributed by atoms with E-state index in [-0.39, 0.29) is 18.7 Å². The van der Waals surface area contributed by atoms with E-state index >= 15 is 0 Å². The number of nitrogens with zero attached hydrogens (tertiary/aromatic N) is 1. The van der Waals surface area contributed by atoms with Crippen molar-refractivity contribution < 1.29 is 23.5 Å². The highest BCUT2D eigenvalue weighted by atomic mass is 19.3. The molecule has 1 fully saturated rings. The molecule has 2 amide bonds. The minimum atomic E-state index is -3.14. The maximum Gasteiger partial charge on any atom is 0.317 e. The van der Waals surface area contributed by atoms with Crippen LogP contribution < -0.4 is 5.32 Å². The third-order valence-electron chi connectivity index (χ3n) is 3.79. The second kappa shape index (κ2) is 6.72. The molecule has 0 bridgehead atoms. The van der Waals surface area contributed by atoms with Crippen molar-refractivity contribution in [3.63, 3.8) is 0 Å². The number of likely N-dealkylation sites (tertiary alicyclic amines) is 1. The predicted molar refractivity (Wildman–Crippen MR) is 75.7 cm³/mol. The summed E-state index contributed by atoms with van der Waals surface area (Å²) in [5.74, 6) is -4.48. The summed E-state index contributed by atoms with van der Waals surface area (Å²) in [5, 5.41) is 11.1. The smallest absolute Gasteiger partial charge is 0.317 e. The quantitative estimate of drug-likeness (QED) is 0.896. The summed E-state index contributed by atoms with van der Waals surface area (Å²) in [6, 6.07) is 6.71. The molecule has 0 aliphatic carbocycles. The van der Waals surface area contributed by atoms with Crippen LogP contribution in [0, 0.1) is 5.92 Å². The van der Waals surface area contributed by atoms with Crippen LogP contribution in [0.2, 0.25) is 0 Å². The molecule has 0 atom stereocenters. The van der Waals surface area contributed by atoms with Crippen molar-refractivity contribution in [1.29, 1.82) is 0 Å². The molecule has 2 N–H and O–H groups in total. The largest absolute Gasteiger partial charge is 0.481 e. The van der Waals surface area contributed by atoms with Gasteiger partial charge in [0.2, 0.25) is 0 Å². The van der Waals surface area contributed by atoms with E-state index in [4.69, 9.17) is 5.11 Å². The van der Waals surface area contributed by atoms with E-state index in [1.807, 2.05) is 0 Å². The third-order valence-corrected chi connectivity index (χ3v) is 3.79. The molecular formula is C15H18F2N2O3. The van der Waals surface area contributed by atoms with Gasteiger partial charge >= 0.3 is 12.0 Å². The van der Waals surface area contributed by atoms with Gasteiger partial charge in [0.15, 0.2) is 0 Å². The minimum Gasteiger partial charge on any atom is -0.481 e. The molecular weight excluding hydrogens is 294 g/mol. The lowest BCUT2D eigenvalue weighted by Crippen LogP contribution is -2.47. The van der Waals surface area contributed by atoms with Crippen molar-refractivity contribution >= 4 is 12.0 Å². The van der Waals surface area contributed by atoms with Crippen molar-refractivity contribution in [1.82, 2.24) is 10.2 Å². The van der Waals surface area contributed by atoms with Gasteiger partial charge in [-0.2, -0.15) is 8.78 Å². The summed E-state index contributed by atoms with van der Waals surface area (Å²) < 4.78 is 27.9. The average Bonchev–Trinajstić information content (AvgIpc) is 2.53. The van der Waals surface area contributed by atoms with Gasteiger partial charge in [-0.1, -0.05) is 30.3 Å². The molecule has 2 rings (SSSR count). The topological polar surface area (TPSA) is 69.6 Å². The predicted octanol–water partition coefficient (Wildman–Crippen LogP) is 2.28. The first kappa shape index (κ1) is 16.2. The molecule has 5 nitrogen and oxygen atoms in total. The van der Waals surface area contributed by atoms with Gasteiger partial charge in [-0.3, -0.25) is 4.79 Å². The van der Waals surface area contributed by atoms with E-state index in [1.165, 1.54) is 29.2 Å². The standard InChI is InChI=1S/C15H18F2N2O3/c16-15(17,12-4-2-1-3-5-12)10-18-14(22)19-8-6-11(7-9-19)13(20)21/h1-5,11H,6-10H2,(H,18,22)(H,20,21). The van der Waals surface area contributed by atoms with Gasteiger partial charge in [0, 0.05) is 18.7 Å². The molecule has 0 unspecified atom stereocenters. The van der Waals surface area contributed by atoms with E-state index in [0.717, 1.165) is 0 Å². The van der Waals surface area contributed by atoms with Crippen LogP contribution in [0.15, 0.2) is 30.3 Å². The number of urea groups is 1. The molecule has 1 aromatic carbocycles. The van der Waals surface area contributed by atoms with Gasteiger partial charge in [0.1, 0.15) is 0 Å². The van der Waals surface area contributed by atoms with Gasteiger partial charge < -0.3 is 15.3 Å². The maximum absolute atomic E-state index is 13.9. The number of carbonyl (C=O) groups is 2. The van der Waals surface area contributed by atoms with E-state index in [1.54, 1.807) is 6.07 Å². The molecule has 0 saturated carbocycles. The Morgan fingerprint density at radius 1 is 1.23 bits per heavy atom. The zero-order chi connectivity index (χ0) is 16.2. The highest BCUT2D eigenvalue weighted by Gasteiger charge is 2.33. The fraction of sp³-hybridized carbons (Fsp3) is 0.467. The van der Waals surface area contributed by atoms with Gasteiger partial charge in [-0.25, -0.2) is 4.79 Å². The van der Waals surface area contributed by atoms with Crippen LogP contribution in [0.4, 0.5) is 13.6 Å². The SMILES string of the molecule is O=C(O)C1CCN(C(=O)NCC(F)(F)c2ccccc2)CC1. The summed E-state index contributed by atoms with van der Waals surface area (Å²) in [6.45, 7) is -0.256. The Kier molecular flexibility index (Phi) is 4.95. The molecule has 0 spiro atoms. The molecule has 1 saturated heterocycles. The Morgan fingerprint density at radius 2 is 1.82 bits per heavy atom. The lowest BCUT2D eigenvalue weighted by Gasteiger charge is -2.30. The van der Waals surface area contributed by atoms with E-state index in [2.05, 4.69) is 5.32 Å². The number of rotatable bonds is 4. The molecule has 7 heteroatoms. The number of carboxylic acids is 1. The fourth-order valence-electron chi connectivity index (χ4n) is 2.41. The van der Waals surface area contributed by atoms with Crippen LogP contribution in [-0.2, 0) is 10.7 Å². The second-order valence-corrected chi connectivity index (χ2v) is 5.33. The number of piperidine rings is 1. The number of carbonyl (C=O) groups excluding carboxylic acids is 1. The lowest BCUT2D eigenvalue weighted by molar-refractivity contribution is -0.143. The zero-order valence-corrected chi connectivity index (χ0v) is 12.0. The van der Waals surface area contributed by atoms with Crippen LogP contribution in [0.5, 0.6) is 0 Å². The first-order valence-corrected chi connectivity index (χ1v) is 7.09. The van der Waals surface area contributed by atoms with Crippen molar-refractivity contribution in [2.45, 2.75) is 18.8 Å². The normalized spacial score (nSPS) is 16.4. The third kappa shape index (κ3) is 3.93. The van der Waals surface area contributed by atoms with Gasteiger partial charge in [-0.15, -0.1) is 0 Å². The van der Waals surface area contributed by atoms with Crippen LogP contribution in [-0.4, -0.2) is 41.6 Å². The summed E-state index contributed by atoms with van der Waals surface area (Å²) in [7, 11) is 0. The first-order valence-electron chi connectivity index (χ1n) is 7.09. The van der Waals surface area contributed by atoms with Crippen molar-refractivity contribution in [3.8, 4) is 0 Å². The number of hydrogen-bond donors (Lipinski definition) is 2. The highest BCUT2D eigenvalue weighted by molar-refractivity contribution is 5.75. The molecule has 1 aliphatic heterocycles. The zero-order valence-electron chi connectivity index (χ0n) is 12.0. The van der Waals surface area contributed by atoms with Crippen molar-refractivity contribution in [2.75, 3.05) is 19.6 Å². The van der Waals surface area contributed by atoms with E-state index in [9.17, 15) is 18.4 Å². The number of benzene rings is 1. The highest BCUT2D eigenvalue weighted by Crippen LogP contribution is 2.26. The van der Waals surface area contributed by atoms with Crippen LogP contribution in [0.25, 0.3) is 0 Å². The number of aliphatic carboxylic acids is 1. The molecule has 22 heavy (non-hydrogen) atoms. The summed E-state index contributed by atoms with van der Waals surface area (Å²) >= 11 is 0. The summed E-state index contributed by atoms with van der Waals surface area (Å²) in [5.41, 5.74) is -0.153. The number of carboxylic acid groups (broad SMARTS) is 1. The summed E-state index contributed by atoms with van der Waals surface area (Å²) in [4.78, 5) is 24.1. The van der Waals surface area contributed by atoms with Gasteiger partial charge in [0.05, 0.1) is 12.5 Å². The van der Waals surface area contributed by atoms with Crippen LogP contribution in [0.1, 0.15) is 18.4 Å². The van der Waals surface area contributed by atoms with Gasteiger partial charge in [-0.05, 0) is 12.8 Å². The Labute approximate surface area is 126 Å². The molecule has 1 aromatic rings. The molecule has 1 aliphatic rings. The van der Waals surface area contributed by atoms with Crippen molar-refractivity contribution in [3.05, 3.63) is 35.9 Å². The second-order valence-electron chi connectivity index (χ2n) is 5.33. The van der Waals surface area contributed by atoms with E-state index in [0.29, 0.717) is 12.8 Å².